The van der Waals surface area contributed by atoms with Crippen LogP contribution < -0.4 is 0 Å². The number of unbranched alkanes of at least 4 members (excludes halogenated alkanes) is 39. The predicted molar refractivity (Wildman–Crippen MR) is 307 cm³/mol. The molecule has 446 valence electrons. The summed E-state index contributed by atoms with van der Waals surface area (Å²) >= 11 is 0. The summed E-state index contributed by atoms with van der Waals surface area (Å²) in [5.41, 5.74) is -6.80. The number of methoxy groups -OCH3 is 3. The van der Waals surface area contributed by atoms with Crippen LogP contribution in [0.3, 0.4) is 0 Å². The second-order valence-corrected chi connectivity index (χ2v) is 22.2. The molecule has 0 bridgehead atoms. The molecule has 4 atom stereocenters. The first-order valence-electron chi connectivity index (χ1n) is 31.6. The number of carbonyl (C=O) groups excluding carboxylic acids is 3. The van der Waals surface area contributed by atoms with Crippen LogP contribution in [0, 0.1) is 0 Å². The molecule has 0 saturated carbocycles. The van der Waals surface area contributed by atoms with Crippen LogP contribution in [0.25, 0.3) is 0 Å². The van der Waals surface area contributed by atoms with E-state index in [1.165, 1.54) is 195 Å². The van der Waals surface area contributed by atoms with E-state index >= 15 is 9.59 Å². The van der Waals surface area contributed by atoms with Crippen molar-refractivity contribution < 1.29 is 58.1 Å². The lowest BCUT2D eigenvalue weighted by atomic mass is 9.69. The average Bonchev–Trinajstić information content (AvgIpc) is 3.42. The van der Waals surface area contributed by atoms with Gasteiger partial charge < -0.3 is 43.7 Å². The second kappa shape index (κ2) is 53.3. The molecule has 0 aromatic rings. The molecule has 0 radical (unpaired) electrons. The molecule has 0 aliphatic carbocycles. The van der Waals surface area contributed by atoms with E-state index in [0.29, 0.717) is 19.3 Å². The normalized spacial score (nSPS) is 14.7. The largest absolute Gasteiger partial charge is 0.393 e. The van der Waals surface area contributed by atoms with Crippen LogP contribution >= 0.6 is 0 Å². The summed E-state index contributed by atoms with van der Waals surface area (Å²) in [6.45, 7) is 4.29. The third-order valence-corrected chi connectivity index (χ3v) is 15.4. The fourth-order valence-electron chi connectivity index (χ4n) is 10.5. The molecule has 4 unspecified atom stereocenters. The summed E-state index contributed by atoms with van der Waals surface area (Å²) in [6, 6.07) is 0. The van der Waals surface area contributed by atoms with Gasteiger partial charge in [-0.05, 0) is 19.3 Å². The topological polar surface area (TPSA) is 167 Å². The third-order valence-electron chi connectivity index (χ3n) is 15.4. The Bertz CT molecular complexity index is 1210. The maximum absolute atomic E-state index is 15.1. The van der Waals surface area contributed by atoms with Gasteiger partial charge in [-0.1, -0.05) is 290 Å². The molecule has 12 nitrogen and oxygen atoms in total. The van der Waals surface area contributed by atoms with Crippen molar-refractivity contribution in [3.8, 4) is 0 Å². The quantitative estimate of drug-likeness (QED) is 0.0300. The molecular formula is C63H122O12. The Hall–Kier alpha value is -1.35. The number of ketones is 3. The number of hydrogen-bond donors (Lipinski definition) is 3. The number of aliphatic hydroxyl groups is 3. The van der Waals surface area contributed by atoms with E-state index in [1.54, 1.807) is 0 Å². The predicted octanol–water partition coefficient (Wildman–Crippen LogP) is 15.7. The van der Waals surface area contributed by atoms with E-state index in [2.05, 4.69) is 20.8 Å². The van der Waals surface area contributed by atoms with Gasteiger partial charge in [0.15, 0.2) is 11.4 Å². The summed E-state index contributed by atoms with van der Waals surface area (Å²) in [4.78, 5) is 45.0. The highest BCUT2D eigenvalue weighted by atomic mass is 16.7. The molecule has 0 spiro atoms. The monoisotopic (exact) mass is 1070 g/mol. The fourth-order valence-corrected chi connectivity index (χ4v) is 10.5. The van der Waals surface area contributed by atoms with Gasteiger partial charge in [-0.3, -0.25) is 14.4 Å². The van der Waals surface area contributed by atoms with E-state index in [4.69, 9.17) is 28.4 Å². The van der Waals surface area contributed by atoms with Gasteiger partial charge in [-0.25, -0.2) is 0 Å². The van der Waals surface area contributed by atoms with Gasteiger partial charge in [-0.15, -0.1) is 0 Å². The van der Waals surface area contributed by atoms with Gasteiger partial charge >= 0.3 is 0 Å². The van der Waals surface area contributed by atoms with E-state index in [1.807, 2.05) is 0 Å². The van der Waals surface area contributed by atoms with Crippen LogP contribution in [-0.2, 0) is 42.8 Å². The molecule has 0 fully saturated rings. The van der Waals surface area contributed by atoms with Crippen LogP contribution in [0.5, 0.6) is 0 Å². The second-order valence-electron chi connectivity index (χ2n) is 22.2. The molecule has 0 aliphatic rings. The molecule has 75 heavy (non-hydrogen) atoms. The molecule has 12 heteroatoms. The van der Waals surface area contributed by atoms with Crippen LogP contribution in [-0.4, -0.2) is 110 Å². The summed E-state index contributed by atoms with van der Waals surface area (Å²) in [5.74, 6) is -3.62. The van der Waals surface area contributed by atoms with Gasteiger partial charge in [-0.2, -0.15) is 0 Å². The first-order valence-corrected chi connectivity index (χ1v) is 31.6. The first kappa shape index (κ1) is 73.7. The van der Waals surface area contributed by atoms with E-state index in [9.17, 15) is 20.1 Å². The molecule has 0 rings (SSSR count). The van der Waals surface area contributed by atoms with E-state index < -0.39 is 53.5 Å². The zero-order valence-corrected chi connectivity index (χ0v) is 49.9. The van der Waals surface area contributed by atoms with E-state index in [-0.39, 0.29) is 39.6 Å². The Labute approximate surface area is 461 Å². The van der Waals surface area contributed by atoms with Crippen molar-refractivity contribution in [1.29, 1.82) is 0 Å². The van der Waals surface area contributed by atoms with Crippen LogP contribution in [0.4, 0.5) is 0 Å². The first-order chi connectivity index (χ1) is 36.6. The molecule has 0 aromatic carbocycles. The van der Waals surface area contributed by atoms with Crippen molar-refractivity contribution in [3.05, 3.63) is 0 Å². The maximum Gasteiger partial charge on any atom is 0.225 e. The Morgan fingerprint density at radius 2 is 0.507 bits per heavy atom. The number of rotatable bonds is 62. The van der Waals surface area contributed by atoms with Crippen molar-refractivity contribution in [2.24, 2.45) is 0 Å². The van der Waals surface area contributed by atoms with Gasteiger partial charge in [0, 0.05) is 21.3 Å². The van der Waals surface area contributed by atoms with Crippen molar-refractivity contribution in [3.63, 3.8) is 0 Å². The highest BCUT2D eigenvalue weighted by Gasteiger charge is 2.67. The Kier molecular flexibility index (Phi) is 52.3. The lowest BCUT2D eigenvalue weighted by molar-refractivity contribution is -0.213. The Morgan fingerprint density at radius 3 is 0.693 bits per heavy atom. The molecule has 3 N–H and O–H groups in total. The van der Waals surface area contributed by atoms with Gasteiger partial charge in [0.2, 0.25) is 17.2 Å². The SMILES string of the molecule is CCCCCCCCCCCCCCCCC(OCOC)C(=O)C(O)(CO)C(O)(C(=O)C(CCCCCCCCCCCCCCCC)OCOC)C(=O)C(CCCCCCCCCCCCCCCC)OCOC. The smallest absolute Gasteiger partial charge is 0.225 e. The van der Waals surface area contributed by atoms with Crippen molar-refractivity contribution in [2.75, 3.05) is 48.3 Å². The van der Waals surface area contributed by atoms with Crippen molar-refractivity contribution >= 4 is 17.3 Å². The zero-order valence-electron chi connectivity index (χ0n) is 49.9. The third kappa shape index (κ3) is 35.8. The summed E-state index contributed by atoms with van der Waals surface area (Å²) in [6.07, 6.45) is 44.0. The number of hydrogen-bond acceptors (Lipinski definition) is 12. The fraction of sp³-hybridized carbons (Fsp3) is 0.952. The molecule has 0 saturated heterocycles. The minimum atomic E-state index is -3.48. The van der Waals surface area contributed by atoms with Gasteiger partial charge in [0.25, 0.3) is 0 Å². The molecule has 0 amide bonds. The lowest BCUT2D eigenvalue weighted by Crippen LogP contribution is -2.74. The zero-order chi connectivity index (χ0) is 55.4. The minimum Gasteiger partial charge on any atom is -0.393 e. The number of carbonyl (C=O) groups is 3. The van der Waals surface area contributed by atoms with Crippen LogP contribution in [0.15, 0.2) is 0 Å². The highest BCUT2D eigenvalue weighted by Crippen LogP contribution is 2.35. The van der Waals surface area contributed by atoms with Crippen molar-refractivity contribution in [2.45, 2.75) is 339 Å². The standard InChI is InChI=1S/C63H122O12/c1-7-10-13-16-19-22-25-28-31-34-37-40-43-46-49-56(73-53-70-4)59(65)62(68,52-64)63(69,60(66)57(74-54-71-5)50-47-44-41-38-35-32-29-26-23-20-17-14-11-8-2)61(67)58(75-55-72-6)51-48-45-42-39-36-33-30-27-24-21-18-15-12-9-3/h56-58,64,68-69H,7-55H2,1-6H3. The van der Waals surface area contributed by atoms with Crippen LogP contribution in [0.2, 0.25) is 0 Å². The molecule has 0 aromatic heterocycles. The lowest BCUT2D eigenvalue weighted by Gasteiger charge is -2.43. The van der Waals surface area contributed by atoms with Crippen LogP contribution in [0.1, 0.15) is 310 Å². The Balaban J connectivity index is 6.16. The average molecular weight is 1070 g/mol. The number of ether oxygens (including phenoxy) is 6. The van der Waals surface area contributed by atoms with Gasteiger partial charge in [0.05, 0.1) is 6.61 Å². The molecule has 0 aliphatic heterocycles. The molecular weight excluding hydrogens is 949 g/mol. The summed E-state index contributed by atoms with van der Waals surface area (Å²) in [5, 5.41) is 36.6. The van der Waals surface area contributed by atoms with Gasteiger partial charge in [0.1, 0.15) is 38.7 Å². The van der Waals surface area contributed by atoms with E-state index in [0.717, 1.165) is 77.0 Å². The minimum absolute atomic E-state index is 0.0940. The summed E-state index contributed by atoms with van der Waals surface area (Å²) < 4.78 is 33.3. The summed E-state index contributed by atoms with van der Waals surface area (Å²) in [7, 11) is 4.21. The molecule has 0 heterocycles. The number of Topliss-reactive ketones (excluding diaryl/α,β-unsaturated/α-hetero) is 3. The number of aliphatic hydroxyl groups excluding tert-OH is 1. The Morgan fingerprint density at radius 1 is 0.320 bits per heavy atom. The maximum atomic E-state index is 15.1. The van der Waals surface area contributed by atoms with Crippen molar-refractivity contribution in [1.82, 2.24) is 0 Å². The highest BCUT2D eigenvalue weighted by molar-refractivity contribution is 6.19.